The second-order valence-electron chi connectivity index (χ2n) is 5.86. The number of rotatable bonds is 5. The lowest BCUT2D eigenvalue weighted by Gasteiger charge is -2.33. The molecule has 0 radical (unpaired) electrons. The molecule has 1 unspecified atom stereocenters. The van der Waals surface area contributed by atoms with E-state index in [2.05, 4.69) is 0 Å². The van der Waals surface area contributed by atoms with Gasteiger partial charge in [0.25, 0.3) is 0 Å². The van der Waals surface area contributed by atoms with E-state index in [1.54, 1.807) is 31.1 Å². The highest BCUT2D eigenvalue weighted by molar-refractivity contribution is 5.90. The average molecular weight is 305 g/mol. The summed E-state index contributed by atoms with van der Waals surface area (Å²) in [6.45, 7) is 0.498. The van der Waals surface area contributed by atoms with Gasteiger partial charge in [0.15, 0.2) is 0 Å². The van der Waals surface area contributed by atoms with Crippen molar-refractivity contribution in [1.82, 2.24) is 9.80 Å². The number of hydrogen-bond acceptors (Lipinski definition) is 4. The second kappa shape index (κ2) is 6.89. The van der Waals surface area contributed by atoms with Gasteiger partial charge in [-0.3, -0.25) is 14.5 Å². The molecule has 1 aromatic carbocycles. The van der Waals surface area contributed by atoms with Gasteiger partial charge in [-0.25, -0.2) is 0 Å². The fraction of sp³-hybridized carbons (Fsp3) is 0.500. The van der Waals surface area contributed by atoms with Crippen LogP contribution in [0.3, 0.4) is 0 Å². The highest BCUT2D eigenvalue weighted by Gasteiger charge is 2.39. The van der Waals surface area contributed by atoms with Crippen LogP contribution in [0, 0.1) is 0 Å². The Bertz CT molecular complexity index is 533. The lowest BCUT2D eigenvalue weighted by molar-refractivity contribution is -0.144. The van der Waals surface area contributed by atoms with Gasteiger partial charge in [-0.2, -0.15) is 0 Å². The molecule has 1 saturated heterocycles. The van der Waals surface area contributed by atoms with Crippen molar-refractivity contribution in [3.63, 3.8) is 0 Å². The maximum Gasteiger partial charge on any atom is 0.243 e. The zero-order valence-electron chi connectivity index (χ0n) is 13.0. The lowest BCUT2D eigenvalue weighted by atomic mass is 10.00. The predicted octanol–water partition coefficient (Wildman–Crippen LogP) is 0.127. The number of likely N-dealkylation sites (N-methyl/N-ethyl adjacent to an activating group) is 1. The van der Waals surface area contributed by atoms with Gasteiger partial charge in [0.05, 0.1) is 0 Å². The molecular weight excluding hydrogens is 282 g/mol. The lowest BCUT2D eigenvalue weighted by Crippen LogP contribution is -2.53. The number of carbonyl (C=O) groups is 2. The van der Waals surface area contributed by atoms with Crippen molar-refractivity contribution in [1.29, 1.82) is 0 Å². The maximum absolute atomic E-state index is 12.8. The molecule has 0 aliphatic carbocycles. The zero-order chi connectivity index (χ0) is 16.3. The van der Waals surface area contributed by atoms with Crippen molar-refractivity contribution in [2.45, 2.75) is 31.0 Å². The molecule has 1 heterocycles. The third-order valence-electron chi connectivity index (χ3n) is 4.11. The van der Waals surface area contributed by atoms with Crippen LogP contribution in [-0.4, -0.2) is 59.4 Å². The van der Waals surface area contributed by atoms with Crippen LogP contribution in [0.2, 0.25) is 0 Å². The largest absolute Gasteiger partial charge is 0.386 e. The van der Waals surface area contributed by atoms with Gasteiger partial charge in [0, 0.05) is 6.54 Å². The number of nitrogens with two attached hydrogens (primary N) is 1. The van der Waals surface area contributed by atoms with Gasteiger partial charge in [0.1, 0.15) is 18.2 Å². The Morgan fingerprint density at radius 3 is 2.50 bits per heavy atom. The van der Waals surface area contributed by atoms with Crippen molar-refractivity contribution in [3.8, 4) is 0 Å². The summed E-state index contributed by atoms with van der Waals surface area (Å²) < 4.78 is 0. The summed E-state index contributed by atoms with van der Waals surface area (Å²) in [6, 6.07) is 7.73. The Morgan fingerprint density at radius 2 is 1.95 bits per heavy atom. The molecule has 3 N–H and O–H groups in total. The number of benzene rings is 1. The Labute approximate surface area is 130 Å². The van der Waals surface area contributed by atoms with Crippen LogP contribution >= 0.6 is 0 Å². The smallest absolute Gasteiger partial charge is 0.243 e. The van der Waals surface area contributed by atoms with Gasteiger partial charge in [0.2, 0.25) is 11.8 Å². The second-order valence-corrected chi connectivity index (χ2v) is 5.86. The Balaban J connectivity index is 2.24. The molecule has 0 spiro atoms. The first-order valence-corrected chi connectivity index (χ1v) is 7.42. The van der Waals surface area contributed by atoms with Crippen LogP contribution in [0.5, 0.6) is 0 Å². The van der Waals surface area contributed by atoms with E-state index in [1.807, 2.05) is 18.2 Å². The highest BCUT2D eigenvalue weighted by atomic mass is 16.3. The quantitative estimate of drug-likeness (QED) is 0.809. The molecule has 120 valence electrons. The number of carbonyl (C=O) groups excluding carboxylic acids is 2. The summed E-state index contributed by atoms with van der Waals surface area (Å²) >= 11 is 0. The molecular formula is C16H23N3O3. The number of aliphatic hydroxyl groups excluding tert-OH is 1. The highest BCUT2D eigenvalue weighted by Crippen LogP contribution is 2.25. The summed E-state index contributed by atoms with van der Waals surface area (Å²) in [5.74, 6) is -0.750. The molecule has 6 nitrogen and oxygen atoms in total. The van der Waals surface area contributed by atoms with E-state index in [0.29, 0.717) is 18.5 Å². The summed E-state index contributed by atoms with van der Waals surface area (Å²) in [5, 5.41) is 10.6. The van der Waals surface area contributed by atoms with Crippen LogP contribution in [0.4, 0.5) is 0 Å². The summed E-state index contributed by atoms with van der Waals surface area (Å²) in [6.07, 6.45) is 0.377. The van der Waals surface area contributed by atoms with Gasteiger partial charge in [-0.05, 0) is 32.5 Å². The maximum atomic E-state index is 12.8. The normalized spacial score (nSPS) is 20.9. The number of nitrogens with zero attached hydrogens (tertiary/aromatic N) is 2. The minimum atomic E-state index is -0.960. The number of amides is 2. The van der Waals surface area contributed by atoms with Crippen molar-refractivity contribution in [3.05, 3.63) is 35.9 Å². The molecule has 0 aromatic heterocycles. The number of likely N-dealkylation sites (tertiary alicyclic amines) is 1. The fourth-order valence-electron chi connectivity index (χ4n) is 2.97. The summed E-state index contributed by atoms with van der Waals surface area (Å²) in [5.41, 5.74) is 6.05. The predicted molar refractivity (Wildman–Crippen MR) is 82.8 cm³/mol. The Kier molecular flexibility index (Phi) is 5.15. The van der Waals surface area contributed by atoms with Crippen LogP contribution in [0.25, 0.3) is 0 Å². The van der Waals surface area contributed by atoms with Crippen molar-refractivity contribution < 1.29 is 14.7 Å². The Hall–Kier alpha value is -1.92. The number of primary amides is 1. The Morgan fingerprint density at radius 1 is 1.32 bits per heavy atom. The standard InChI is InChI=1S/C16H23N3O3/c1-18(2)13(14(20)11-7-4-3-5-8-11)16(22)19-10-6-9-12(19)15(17)21/h3-5,7-8,12-14,20H,6,9-10H2,1-2H3,(H2,17,21)/t12?,13-,14-/m0/s1. The molecule has 2 amide bonds. The first-order chi connectivity index (χ1) is 10.4. The van der Waals surface area contributed by atoms with Crippen LogP contribution in [-0.2, 0) is 9.59 Å². The topological polar surface area (TPSA) is 86.9 Å². The molecule has 6 heteroatoms. The van der Waals surface area contributed by atoms with Crippen LogP contribution in [0.1, 0.15) is 24.5 Å². The number of hydrogen-bond donors (Lipinski definition) is 2. The van der Waals surface area contributed by atoms with Gasteiger partial charge < -0.3 is 15.7 Å². The first kappa shape index (κ1) is 16.5. The molecule has 22 heavy (non-hydrogen) atoms. The molecule has 2 rings (SSSR count). The molecule has 1 fully saturated rings. The third kappa shape index (κ3) is 3.28. The van der Waals surface area contributed by atoms with E-state index >= 15 is 0 Å². The van der Waals surface area contributed by atoms with E-state index in [0.717, 1.165) is 6.42 Å². The van der Waals surface area contributed by atoms with Crippen LogP contribution < -0.4 is 5.73 Å². The minimum absolute atomic E-state index is 0.261. The van der Waals surface area contributed by atoms with Crippen molar-refractivity contribution in [2.75, 3.05) is 20.6 Å². The van der Waals surface area contributed by atoms with E-state index in [1.165, 1.54) is 4.90 Å². The monoisotopic (exact) mass is 305 g/mol. The zero-order valence-corrected chi connectivity index (χ0v) is 13.0. The van der Waals surface area contributed by atoms with Crippen molar-refractivity contribution >= 4 is 11.8 Å². The summed E-state index contributed by atoms with van der Waals surface area (Å²) in [7, 11) is 3.48. The average Bonchev–Trinajstić information content (AvgIpc) is 2.97. The molecule has 0 saturated carbocycles. The third-order valence-corrected chi connectivity index (χ3v) is 4.11. The van der Waals surface area contributed by atoms with Gasteiger partial charge in [-0.1, -0.05) is 30.3 Å². The molecule has 1 aliphatic heterocycles. The van der Waals surface area contributed by atoms with E-state index in [9.17, 15) is 14.7 Å². The number of aliphatic hydroxyl groups is 1. The first-order valence-electron chi connectivity index (χ1n) is 7.42. The van der Waals surface area contributed by atoms with Crippen LogP contribution in [0.15, 0.2) is 30.3 Å². The van der Waals surface area contributed by atoms with Crippen molar-refractivity contribution in [2.24, 2.45) is 5.73 Å². The van der Waals surface area contributed by atoms with E-state index < -0.39 is 24.1 Å². The van der Waals surface area contributed by atoms with Gasteiger partial charge >= 0.3 is 0 Å². The molecule has 0 bridgehead atoms. The van der Waals surface area contributed by atoms with E-state index in [4.69, 9.17) is 5.73 Å². The summed E-state index contributed by atoms with van der Waals surface area (Å²) in [4.78, 5) is 27.5. The molecule has 3 atom stereocenters. The molecule has 1 aromatic rings. The fourth-order valence-corrected chi connectivity index (χ4v) is 2.97. The van der Waals surface area contributed by atoms with Gasteiger partial charge in [-0.15, -0.1) is 0 Å². The minimum Gasteiger partial charge on any atom is -0.386 e. The molecule has 1 aliphatic rings. The SMILES string of the molecule is CN(C)[C@H](C(=O)N1CCCC1C(N)=O)[C@@H](O)c1ccccc1. The van der Waals surface area contributed by atoms with E-state index in [-0.39, 0.29) is 5.91 Å².